The van der Waals surface area contributed by atoms with E-state index in [9.17, 15) is 5.26 Å². The zero-order chi connectivity index (χ0) is 15.9. The minimum Gasteiger partial charge on any atom is -0.497 e. The molecule has 0 aliphatic carbocycles. The Kier molecular flexibility index (Phi) is 5.43. The third kappa shape index (κ3) is 3.40. The third-order valence-corrected chi connectivity index (χ3v) is 4.00. The monoisotopic (exact) mass is 295 g/mol. The van der Waals surface area contributed by atoms with E-state index < -0.39 is 0 Å². The minimum absolute atomic E-state index is 0.157. The normalized spacial score (nSPS) is 13.0. The van der Waals surface area contributed by atoms with Crippen LogP contribution in [0, 0.1) is 11.3 Å². The average molecular weight is 295 g/mol. The van der Waals surface area contributed by atoms with Crippen molar-refractivity contribution in [2.45, 2.75) is 25.2 Å². The molecule has 0 radical (unpaired) electrons. The predicted octanol–water partition coefficient (Wildman–Crippen LogP) is 4.50. The molecule has 0 fully saturated rings. The highest BCUT2D eigenvalue weighted by Gasteiger charge is 2.23. The number of methoxy groups -OCH3 is 2. The lowest BCUT2D eigenvalue weighted by atomic mass is 9.80. The van der Waals surface area contributed by atoms with Gasteiger partial charge in [-0.2, -0.15) is 5.26 Å². The van der Waals surface area contributed by atoms with Crippen LogP contribution in [0.2, 0.25) is 0 Å². The second kappa shape index (κ2) is 7.51. The quantitative estimate of drug-likeness (QED) is 0.787. The summed E-state index contributed by atoms with van der Waals surface area (Å²) in [5.41, 5.74) is 2.18. The first-order valence-electron chi connectivity index (χ1n) is 7.41. The van der Waals surface area contributed by atoms with Crippen molar-refractivity contribution < 1.29 is 9.47 Å². The maximum absolute atomic E-state index is 9.66. The summed E-state index contributed by atoms with van der Waals surface area (Å²) in [6, 6.07) is 18.2. The van der Waals surface area contributed by atoms with Crippen LogP contribution in [0.15, 0.2) is 48.5 Å². The van der Waals surface area contributed by atoms with Crippen molar-refractivity contribution in [2.24, 2.45) is 0 Å². The topological polar surface area (TPSA) is 42.2 Å². The molecule has 0 aromatic heterocycles. The van der Waals surface area contributed by atoms with Crippen LogP contribution in [0.25, 0.3) is 0 Å². The van der Waals surface area contributed by atoms with Gasteiger partial charge in [-0.15, -0.1) is 0 Å². The highest BCUT2D eigenvalue weighted by atomic mass is 16.5. The molecule has 0 amide bonds. The van der Waals surface area contributed by atoms with Crippen LogP contribution >= 0.6 is 0 Å². The Balaban J connectivity index is 2.30. The van der Waals surface area contributed by atoms with Crippen LogP contribution in [0.5, 0.6) is 11.5 Å². The van der Waals surface area contributed by atoms with E-state index in [1.165, 1.54) is 0 Å². The molecule has 0 N–H and O–H groups in total. The molecule has 114 valence electrons. The maximum atomic E-state index is 9.66. The summed E-state index contributed by atoms with van der Waals surface area (Å²) in [7, 11) is 3.30. The van der Waals surface area contributed by atoms with Gasteiger partial charge < -0.3 is 9.47 Å². The molecule has 0 heterocycles. The summed E-state index contributed by atoms with van der Waals surface area (Å²) in [5.74, 6) is 1.61. The fourth-order valence-electron chi connectivity index (χ4n) is 2.72. The van der Waals surface area contributed by atoms with Gasteiger partial charge in [-0.3, -0.25) is 0 Å². The number of ether oxygens (including phenoxy) is 2. The second-order valence-corrected chi connectivity index (χ2v) is 5.17. The molecule has 22 heavy (non-hydrogen) atoms. The molecule has 0 aliphatic heterocycles. The second-order valence-electron chi connectivity index (χ2n) is 5.17. The first kappa shape index (κ1) is 15.9. The van der Waals surface area contributed by atoms with E-state index in [0.29, 0.717) is 0 Å². The van der Waals surface area contributed by atoms with Crippen molar-refractivity contribution in [1.29, 1.82) is 5.26 Å². The molecule has 2 aromatic carbocycles. The molecule has 3 nitrogen and oxygen atoms in total. The zero-order valence-electron chi connectivity index (χ0n) is 13.2. The smallest absolute Gasteiger partial charge is 0.118 e. The molecule has 2 atom stereocenters. The van der Waals surface area contributed by atoms with Crippen molar-refractivity contribution >= 4 is 0 Å². The van der Waals surface area contributed by atoms with Gasteiger partial charge in [0.25, 0.3) is 0 Å². The van der Waals surface area contributed by atoms with Gasteiger partial charge in [0.05, 0.1) is 26.2 Å². The van der Waals surface area contributed by atoms with Crippen LogP contribution in [-0.2, 0) is 0 Å². The Bertz CT molecular complexity index is 626. The van der Waals surface area contributed by atoms with Gasteiger partial charge in [0.1, 0.15) is 11.5 Å². The summed E-state index contributed by atoms with van der Waals surface area (Å²) >= 11 is 0. The highest BCUT2D eigenvalue weighted by Crippen LogP contribution is 2.36. The summed E-state index contributed by atoms with van der Waals surface area (Å²) < 4.78 is 10.4. The number of rotatable bonds is 6. The van der Waals surface area contributed by atoms with Gasteiger partial charge in [0, 0.05) is 5.92 Å². The fourth-order valence-corrected chi connectivity index (χ4v) is 2.72. The van der Waals surface area contributed by atoms with E-state index in [1.54, 1.807) is 14.2 Å². The van der Waals surface area contributed by atoms with Gasteiger partial charge >= 0.3 is 0 Å². The van der Waals surface area contributed by atoms with E-state index in [-0.39, 0.29) is 11.8 Å². The third-order valence-electron chi connectivity index (χ3n) is 4.00. The minimum atomic E-state index is -0.177. The Morgan fingerprint density at radius 1 is 0.864 bits per heavy atom. The van der Waals surface area contributed by atoms with Crippen LogP contribution in [0.4, 0.5) is 0 Å². The van der Waals surface area contributed by atoms with Gasteiger partial charge in [-0.1, -0.05) is 31.2 Å². The van der Waals surface area contributed by atoms with Crippen molar-refractivity contribution in [1.82, 2.24) is 0 Å². The summed E-state index contributed by atoms with van der Waals surface area (Å²) in [6.45, 7) is 2.11. The number of benzene rings is 2. The molecular formula is C19H21NO2. The fraction of sp³-hybridized carbons (Fsp3) is 0.316. The maximum Gasteiger partial charge on any atom is 0.118 e. The summed E-state index contributed by atoms with van der Waals surface area (Å²) in [6.07, 6.45) is 0.899. The van der Waals surface area contributed by atoms with Crippen molar-refractivity contribution in [3.63, 3.8) is 0 Å². The molecule has 0 bridgehead atoms. The van der Waals surface area contributed by atoms with Gasteiger partial charge in [-0.05, 0) is 41.8 Å². The standard InChI is InChI=1S/C19H21NO2/c1-4-18(14-5-9-16(21-2)10-6-14)19(13-20)15-7-11-17(22-3)12-8-15/h5-12,18-19H,4H2,1-3H3/t18-,19+/m1/s1. The predicted molar refractivity (Wildman–Crippen MR) is 87.4 cm³/mol. The van der Waals surface area contributed by atoms with Gasteiger partial charge in [-0.25, -0.2) is 0 Å². The number of nitriles is 1. The largest absolute Gasteiger partial charge is 0.497 e. The lowest BCUT2D eigenvalue weighted by Crippen LogP contribution is -2.09. The van der Waals surface area contributed by atoms with E-state index >= 15 is 0 Å². The average Bonchev–Trinajstić information content (AvgIpc) is 2.60. The van der Waals surface area contributed by atoms with Gasteiger partial charge in [0.2, 0.25) is 0 Å². The van der Waals surface area contributed by atoms with E-state index in [4.69, 9.17) is 9.47 Å². The molecule has 0 spiro atoms. The van der Waals surface area contributed by atoms with E-state index in [2.05, 4.69) is 13.0 Å². The lowest BCUT2D eigenvalue weighted by Gasteiger charge is -2.22. The molecule has 2 aromatic rings. The van der Waals surface area contributed by atoms with E-state index in [1.807, 2.05) is 48.5 Å². The first-order chi connectivity index (χ1) is 10.7. The number of hydrogen-bond acceptors (Lipinski definition) is 3. The van der Waals surface area contributed by atoms with Crippen LogP contribution in [0.1, 0.15) is 36.3 Å². The van der Waals surface area contributed by atoms with Crippen molar-refractivity contribution in [3.8, 4) is 17.6 Å². The Morgan fingerprint density at radius 2 is 1.32 bits per heavy atom. The number of nitrogens with zero attached hydrogens (tertiary/aromatic N) is 1. The van der Waals surface area contributed by atoms with Crippen molar-refractivity contribution in [3.05, 3.63) is 59.7 Å². The van der Waals surface area contributed by atoms with Gasteiger partial charge in [0.15, 0.2) is 0 Å². The van der Waals surface area contributed by atoms with E-state index in [0.717, 1.165) is 29.0 Å². The number of hydrogen-bond donors (Lipinski definition) is 0. The Morgan fingerprint density at radius 3 is 1.68 bits per heavy atom. The molecule has 2 rings (SSSR count). The van der Waals surface area contributed by atoms with Crippen molar-refractivity contribution in [2.75, 3.05) is 14.2 Å². The first-order valence-corrected chi connectivity index (χ1v) is 7.41. The molecule has 0 unspecified atom stereocenters. The molecule has 0 saturated carbocycles. The molecule has 0 aliphatic rings. The SMILES string of the molecule is CC[C@H](c1ccc(OC)cc1)[C@@H](C#N)c1ccc(OC)cc1. The summed E-state index contributed by atoms with van der Waals surface area (Å²) in [5, 5.41) is 9.66. The van der Waals surface area contributed by atoms with Crippen LogP contribution in [-0.4, -0.2) is 14.2 Å². The Hall–Kier alpha value is -2.47. The van der Waals surface area contributed by atoms with Crippen LogP contribution < -0.4 is 9.47 Å². The zero-order valence-corrected chi connectivity index (χ0v) is 13.2. The summed E-state index contributed by atoms with van der Waals surface area (Å²) in [4.78, 5) is 0. The molecule has 0 saturated heterocycles. The van der Waals surface area contributed by atoms with Crippen LogP contribution in [0.3, 0.4) is 0 Å². The molecule has 3 heteroatoms. The molecular weight excluding hydrogens is 274 g/mol. The lowest BCUT2D eigenvalue weighted by molar-refractivity contribution is 0.414. The Labute approximate surface area is 132 Å². The highest BCUT2D eigenvalue weighted by molar-refractivity contribution is 5.38.